The van der Waals surface area contributed by atoms with Crippen LogP contribution in [0.2, 0.25) is 0 Å². The maximum absolute atomic E-state index is 13.5. The fourth-order valence-corrected chi connectivity index (χ4v) is 5.52. The van der Waals surface area contributed by atoms with Crippen molar-refractivity contribution in [3.05, 3.63) is 59.9 Å². The van der Waals surface area contributed by atoms with Crippen LogP contribution < -0.4 is 19.1 Å². The Hall–Kier alpha value is -3.37. The Morgan fingerprint density at radius 2 is 1.50 bits per heavy atom. The lowest BCUT2D eigenvalue weighted by Gasteiger charge is -2.35. The summed E-state index contributed by atoms with van der Waals surface area (Å²) in [4.78, 5) is 11.1. The van der Waals surface area contributed by atoms with Gasteiger partial charge in [0.1, 0.15) is 33.8 Å². The van der Waals surface area contributed by atoms with Crippen LogP contribution in [0.25, 0.3) is 0 Å². The Labute approximate surface area is 212 Å². The zero-order valence-corrected chi connectivity index (χ0v) is 21.9. The van der Waals surface area contributed by atoms with E-state index in [1.54, 1.807) is 24.3 Å². The van der Waals surface area contributed by atoms with Gasteiger partial charge in [-0.05, 0) is 52.0 Å². The largest absolute Gasteiger partial charge is 0.494 e. The number of nitrogens with zero attached hydrogens (tertiary/aromatic N) is 4. The van der Waals surface area contributed by atoms with Crippen LogP contribution in [-0.2, 0) is 10.0 Å². The molecule has 0 spiro atoms. The third-order valence-electron chi connectivity index (χ3n) is 5.75. The SMILES string of the molecule is CCOc1ccc(S(=O)(=O)N2CCN(c3cc(Oc4ccc(C)cc4)nc(C)n3)CC2)c(OCC)c1. The highest BCUT2D eigenvalue weighted by Gasteiger charge is 2.31. The van der Waals surface area contributed by atoms with Gasteiger partial charge in [0.25, 0.3) is 0 Å². The van der Waals surface area contributed by atoms with Crippen LogP contribution >= 0.6 is 0 Å². The summed E-state index contributed by atoms with van der Waals surface area (Å²) in [5.41, 5.74) is 1.15. The van der Waals surface area contributed by atoms with Gasteiger partial charge in [-0.3, -0.25) is 0 Å². The lowest BCUT2D eigenvalue weighted by atomic mass is 10.2. The summed E-state index contributed by atoms with van der Waals surface area (Å²) in [5, 5.41) is 0. The Morgan fingerprint density at radius 3 is 2.17 bits per heavy atom. The van der Waals surface area contributed by atoms with Crippen molar-refractivity contribution in [3.8, 4) is 23.1 Å². The summed E-state index contributed by atoms with van der Waals surface area (Å²) in [5.74, 6) is 3.31. The van der Waals surface area contributed by atoms with Crippen LogP contribution in [0, 0.1) is 13.8 Å². The molecule has 0 bridgehead atoms. The second-order valence-electron chi connectivity index (χ2n) is 8.39. The summed E-state index contributed by atoms with van der Waals surface area (Å²) < 4.78 is 45.5. The first-order valence-electron chi connectivity index (χ1n) is 12.0. The van der Waals surface area contributed by atoms with Crippen LogP contribution in [0.5, 0.6) is 23.1 Å². The van der Waals surface area contributed by atoms with Crippen molar-refractivity contribution in [3.63, 3.8) is 0 Å². The summed E-state index contributed by atoms with van der Waals surface area (Å²) in [6.07, 6.45) is 0. The Balaban J connectivity index is 1.48. The number of hydrogen-bond acceptors (Lipinski definition) is 8. The van der Waals surface area contributed by atoms with E-state index in [0.717, 1.165) is 5.56 Å². The molecule has 192 valence electrons. The van der Waals surface area contributed by atoms with Crippen molar-refractivity contribution in [2.24, 2.45) is 0 Å². The quantitative estimate of drug-likeness (QED) is 0.421. The molecule has 0 radical (unpaired) electrons. The van der Waals surface area contributed by atoms with Gasteiger partial charge >= 0.3 is 0 Å². The molecule has 2 aromatic carbocycles. The number of aromatic nitrogens is 2. The second kappa shape index (κ2) is 11.1. The number of rotatable bonds is 9. The first-order chi connectivity index (χ1) is 17.3. The van der Waals surface area contributed by atoms with Crippen molar-refractivity contribution in [2.45, 2.75) is 32.6 Å². The smallest absolute Gasteiger partial charge is 0.246 e. The summed E-state index contributed by atoms with van der Waals surface area (Å²) in [7, 11) is -3.74. The minimum atomic E-state index is -3.74. The van der Waals surface area contributed by atoms with Crippen molar-refractivity contribution >= 4 is 15.8 Å². The van der Waals surface area contributed by atoms with Gasteiger partial charge in [0.2, 0.25) is 15.9 Å². The number of ether oxygens (including phenoxy) is 3. The Bertz CT molecular complexity index is 1290. The molecule has 1 saturated heterocycles. The molecule has 1 aliphatic rings. The standard InChI is InChI=1S/C26H32N4O5S/c1-5-33-22-11-12-24(23(17-22)34-6-2)36(31,32)30-15-13-29(14-16-30)25-18-26(28-20(4)27-25)35-21-9-7-19(3)8-10-21/h7-12,17-18H,5-6,13-16H2,1-4H3. The number of hydrogen-bond donors (Lipinski definition) is 0. The molecular formula is C26H32N4O5S. The molecule has 4 rings (SSSR count). The number of aryl methyl sites for hydroxylation is 2. The third kappa shape index (κ3) is 5.88. The fraction of sp³-hybridized carbons (Fsp3) is 0.385. The van der Waals surface area contributed by atoms with Crippen molar-refractivity contribution < 1.29 is 22.6 Å². The maximum atomic E-state index is 13.5. The number of anilines is 1. The zero-order chi connectivity index (χ0) is 25.7. The van der Waals surface area contributed by atoms with Gasteiger partial charge in [0.05, 0.1) is 13.2 Å². The predicted octanol–water partition coefficient (Wildman–Crippen LogP) is 4.19. The number of sulfonamides is 1. The Morgan fingerprint density at radius 1 is 0.833 bits per heavy atom. The molecule has 1 aliphatic heterocycles. The molecule has 0 amide bonds. The molecule has 3 aromatic rings. The summed E-state index contributed by atoms with van der Waals surface area (Å²) >= 11 is 0. The van der Waals surface area contributed by atoms with Crippen LogP contribution in [0.1, 0.15) is 25.2 Å². The lowest BCUT2D eigenvalue weighted by Crippen LogP contribution is -2.49. The van der Waals surface area contributed by atoms with E-state index < -0.39 is 10.0 Å². The first-order valence-corrected chi connectivity index (χ1v) is 13.5. The first kappa shape index (κ1) is 25.7. The van der Waals surface area contributed by atoms with Gasteiger partial charge in [-0.15, -0.1) is 0 Å². The van der Waals surface area contributed by atoms with Gasteiger partial charge in [-0.1, -0.05) is 17.7 Å². The zero-order valence-electron chi connectivity index (χ0n) is 21.1. The van der Waals surface area contributed by atoms with E-state index in [1.165, 1.54) is 4.31 Å². The van der Waals surface area contributed by atoms with E-state index in [4.69, 9.17) is 14.2 Å². The van der Waals surface area contributed by atoms with Crippen LogP contribution in [0.15, 0.2) is 53.4 Å². The monoisotopic (exact) mass is 512 g/mol. The van der Waals surface area contributed by atoms with Gasteiger partial charge in [0, 0.05) is 38.3 Å². The number of benzene rings is 2. The third-order valence-corrected chi connectivity index (χ3v) is 7.69. The molecule has 0 saturated carbocycles. The molecule has 0 N–H and O–H groups in total. The van der Waals surface area contributed by atoms with E-state index >= 15 is 0 Å². The van der Waals surface area contributed by atoms with Crippen LogP contribution in [0.4, 0.5) is 5.82 Å². The van der Waals surface area contributed by atoms with Crippen molar-refractivity contribution in [1.82, 2.24) is 14.3 Å². The summed E-state index contributed by atoms with van der Waals surface area (Å²) in [6, 6.07) is 14.4. The fourth-order valence-electron chi connectivity index (χ4n) is 3.99. The topological polar surface area (TPSA) is 94.1 Å². The minimum absolute atomic E-state index is 0.146. The molecule has 9 nitrogen and oxygen atoms in total. The van der Waals surface area contributed by atoms with E-state index in [9.17, 15) is 8.42 Å². The Kier molecular flexibility index (Phi) is 7.95. The van der Waals surface area contributed by atoms with Crippen LogP contribution in [-0.4, -0.2) is 62.1 Å². The molecule has 0 aliphatic carbocycles. The van der Waals surface area contributed by atoms with E-state index in [2.05, 4.69) is 9.97 Å². The number of piperazine rings is 1. The van der Waals surface area contributed by atoms with Gasteiger partial charge in [-0.25, -0.2) is 13.4 Å². The molecule has 0 unspecified atom stereocenters. The van der Waals surface area contributed by atoms with E-state index in [-0.39, 0.29) is 4.90 Å². The second-order valence-corrected chi connectivity index (χ2v) is 10.3. The van der Waals surface area contributed by atoms with Crippen molar-refractivity contribution in [1.29, 1.82) is 0 Å². The summed E-state index contributed by atoms with van der Waals surface area (Å²) in [6.45, 7) is 9.98. The average molecular weight is 513 g/mol. The highest BCUT2D eigenvalue weighted by molar-refractivity contribution is 7.89. The van der Waals surface area contributed by atoms with Gasteiger partial charge < -0.3 is 19.1 Å². The van der Waals surface area contributed by atoms with Gasteiger partial charge in [-0.2, -0.15) is 9.29 Å². The molecule has 1 aromatic heterocycles. The minimum Gasteiger partial charge on any atom is -0.494 e. The van der Waals surface area contributed by atoms with Crippen LogP contribution in [0.3, 0.4) is 0 Å². The average Bonchev–Trinajstić information content (AvgIpc) is 2.86. The van der Waals surface area contributed by atoms with Crippen molar-refractivity contribution in [2.75, 3.05) is 44.3 Å². The normalized spacial score (nSPS) is 14.5. The maximum Gasteiger partial charge on any atom is 0.246 e. The highest BCUT2D eigenvalue weighted by Crippen LogP contribution is 2.32. The highest BCUT2D eigenvalue weighted by atomic mass is 32.2. The predicted molar refractivity (Wildman–Crippen MR) is 138 cm³/mol. The molecular weight excluding hydrogens is 480 g/mol. The molecule has 0 atom stereocenters. The van der Waals surface area contributed by atoms with E-state index in [0.29, 0.717) is 74.2 Å². The molecule has 1 fully saturated rings. The van der Waals surface area contributed by atoms with Gasteiger partial charge in [0.15, 0.2) is 0 Å². The molecule has 2 heterocycles. The van der Waals surface area contributed by atoms with E-state index in [1.807, 2.05) is 56.9 Å². The lowest BCUT2D eigenvalue weighted by molar-refractivity contribution is 0.314. The molecule has 10 heteroatoms. The molecule has 36 heavy (non-hydrogen) atoms.